The van der Waals surface area contributed by atoms with Crippen molar-refractivity contribution in [3.05, 3.63) is 30.0 Å². The van der Waals surface area contributed by atoms with E-state index in [-0.39, 0.29) is 0 Å². The van der Waals surface area contributed by atoms with Gasteiger partial charge in [-0.15, -0.1) is 11.3 Å². The van der Waals surface area contributed by atoms with Crippen LogP contribution in [0.1, 0.15) is 38.1 Å². The molecule has 1 aliphatic heterocycles. The van der Waals surface area contributed by atoms with Crippen molar-refractivity contribution < 1.29 is 0 Å². The summed E-state index contributed by atoms with van der Waals surface area (Å²) in [6.45, 7) is 1.15. The summed E-state index contributed by atoms with van der Waals surface area (Å²) in [5, 5.41) is 5.89. The summed E-state index contributed by atoms with van der Waals surface area (Å²) < 4.78 is 2.41. The van der Waals surface area contributed by atoms with E-state index in [1.807, 2.05) is 12.5 Å². The summed E-state index contributed by atoms with van der Waals surface area (Å²) in [6, 6.07) is 4.92. The van der Waals surface area contributed by atoms with Crippen molar-refractivity contribution >= 4 is 11.3 Å². The zero-order chi connectivity index (χ0) is 12.7. The maximum atomic E-state index is 4.39. The number of hydrogen-bond donors (Lipinski definition) is 1. The van der Waals surface area contributed by atoms with Crippen LogP contribution in [0.2, 0.25) is 0 Å². The van der Waals surface area contributed by atoms with E-state index in [0.29, 0.717) is 11.6 Å². The van der Waals surface area contributed by atoms with Crippen molar-refractivity contribution in [2.75, 3.05) is 6.54 Å². The van der Waals surface area contributed by atoms with Gasteiger partial charge in [0.05, 0.1) is 23.1 Å². The van der Waals surface area contributed by atoms with E-state index in [0.717, 1.165) is 6.54 Å². The minimum atomic E-state index is 0.444. The van der Waals surface area contributed by atoms with Crippen molar-refractivity contribution in [1.82, 2.24) is 14.9 Å². The number of aromatic nitrogens is 2. The lowest BCUT2D eigenvalue weighted by Gasteiger charge is -2.48. The molecule has 3 heterocycles. The van der Waals surface area contributed by atoms with Crippen molar-refractivity contribution in [3.63, 3.8) is 0 Å². The average Bonchev–Trinajstić information content (AvgIpc) is 3.07. The molecule has 0 aromatic carbocycles. The fraction of sp³-hybridized carbons (Fsp3) is 0.533. The van der Waals surface area contributed by atoms with Crippen LogP contribution in [0.3, 0.4) is 0 Å². The lowest BCUT2D eigenvalue weighted by atomic mass is 9.70. The molecule has 100 valence electrons. The summed E-state index contributed by atoms with van der Waals surface area (Å²) in [6.07, 6.45) is 10.6. The monoisotopic (exact) mass is 273 g/mol. The fourth-order valence-electron chi connectivity index (χ4n) is 3.56. The molecular formula is C15H19N3S. The summed E-state index contributed by atoms with van der Waals surface area (Å²) >= 11 is 1.80. The Morgan fingerprint density at radius 2 is 2.37 bits per heavy atom. The Hall–Kier alpha value is -1.13. The molecule has 1 unspecified atom stereocenters. The van der Waals surface area contributed by atoms with Crippen LogP contribution < -0.4 is 5.32 Å². The van der Waals surface area contributed by atoms with Gasteiger partial charge in [0, 0.05) is 11.6 Å². The smallest absolute Gasteiger partial charge is 0.0953 e. The van der Waals surface area contributed by atoms with Crippen LogP contribution in [0, 0.1) is 0 Å². The van der Waals surface area contributed by atoms with Crippen molar-refractivity contribution in [3.8, 4) is 10.6 Å². The van der Waals surface area contributed by atoms with Gasteiger partial charge in [0.2, 0.25) is 0 Å². The molecule has 0 bridgehead atoms. The number of hydrogen-bond acceptors (Lipinski definition) is 3. The third kappa shape index (κ3) is 1.94. The van der Waals surface area contributed by atoms with Crippen LogP contribution in [0.25, 0.3) is 10.6 Å². The highest BCUT2D eigenvalue weighted by Gasteiger charge is 2.41. The highest BCUT2D eigenvalue weighted by atomic mass is 32.1. The van der Waals surface area contributed by atoms with Gasteiger partial charge in [-0.05, 0) is 50.1 Å². The molecule has 2 aliphatic rings. The molecule has 0 radical (unpaired) electrons. The standard InChI is InChI=1S/C15H19N3S/c1-3-14(19-8-1)13-10-16-11-18(13)12-4-7-17-15(9-12)5-2-6-15/h1,3,8,10-12,17H,2,4-7,9H2. The van der Waals surface area contributed by atoms with Crippen molar-refractivity contribution in [1.29, 1.82) is 0 Å². The first-order valence-electron chi connectivity index (χ1n) is 7.17. The van der Waals surface area contributed by atoms with Gasteiger partial charge in [0.15, 0.2) is 0 Å². The first-order valence-corrected chi connectivity index (χ1v) is 8.05. The van der Waals surface area contributed by atoms with Gasteiger partial charge < -0.3 is 9.88 Å². The number of rotatable bonds is 2. The maximum absolute atomic E-state index is 4.39. The molecule has 1 aliphatic carbocycles. The highest BCUT2D eigenvalue weighted by molar-refractivity contribution is 7.13. The molecule has 2 aromatic heterocycles. The van der Waals surface area contributed by atoms with Crippen molar-refractivity contribution in [2.24, 2.45) is 0 Å². The number of piperidine rings is 1. The van der Waals surface area contributed by atoms with E-state index >= 15 is 0 Å². The molecule has 1 N–H and O–H groups in total. The Kier molecular flexibility index (Phi) is 2.74. The molecule has 1 saturated heterocycles. The largest absolute Gasteiger partial charge is 0.327 e. The molecule has 4 rings (SSSR count). The molecule has 4 heteroatoms. The third-order valence-corrected chi connectivity index (χ3v) is 5.64. The van der Waals surface area contributed by atoms with Crippen LogP contribution in [0.4, 0.5) is 0 Å². The SMILES string of the molecule is c1csc(-c2cncn2C2CCNC3(CCC3)C2)c1. The molecule has 1 atom stereocenters. The number of nitrogens with one attached hydrogen (secondary N) is 1. The molecule has 3 nitrogen and oxygen atoms in total. The minimum absolute atomic E-state index is 0.444. The van der Waals surface area contributed by atoms with Gasteiger partial charge in [-0.25, -0.2) is 4.98 Å². The van der Waals surface area contributed by atoms with E-state index < -0.39 is 0 Å². The van der Waals surface area contributed by atoms with Crippen LogP contribution in [0.15, 0.2) is 30.0 Å². The number of imidazole rings is 1. The maximum Gasteiger partial charge on any atom is 0.0953 e. The Bertz CT molecular complexity index is 554. The Balaban J connectivity index is 1.64. The summed E-state index contributed by atoms with van der Waals surface area (Å²) in [5.41, 5.74) is 1.73. The quantitative estimate of drug-likeness (QED) is 0.908. The second-order valence-electron chi connectivity index (χ2n) is 5.87. The summed E-state index contributed by atoms with van der Waals surface area (Å²) in [4.78, 5) is 5.73. The topological polar surface area (TPSA) is 29.9 Å². The normalized spacial score (nSPS) is 25.4. The lowest BCUT2D eigenvalue weighted by molar-refractivity contribution is 0.110. The zero-order valence-electron chi connectivity index (χ0n) is 11.0. The predicted molar refractivity (Wildman–Crippen MR) is 78.4 cm³/mol. The Morgan fingerprint density at radius 1 is 1.42 bits per heavy atom. The third-order valence-electron chi connectivity index (χ3n) is 4.75. The first kappa shape index (κ1) is 11.7. The molecule has 1 spiro atoms. The molecule has 2 aromatic rings. The van der Waals surface area contributed by atoms with Gasteiger partial charge in [-0.2, -0.15) is 0 Å². The molecule has 1 saturated carbocycles. The van der Waals surface area contributed by atoms with Crippen LogP contribution in [-0.4, -0.2) is 21.6 Å². The predicted octanol–water partition coefficient (Wildman–Crippen LogP) is 3.46. The zero-order valence-corrected chi connectivity index (χ0v) is 11.8. The minimum Gasteiger partial charge on any atom is -0.327 e. The van der Waals surface area contributed by atoms with Crippen LogP contribution in [0.5, 0.6) is 0 Å². The summed E-state index contributed by atoms with van der Waals surface area (Å²) in [5.74, 6) is 0. The second-order valence-corrected chi connectivity index (χ2v) is 6.82. The van der Waals surface area contributed by atoms with E-state index in [1.54, 1.807) is 11.3 Å². The molecule has 19 heavy (non-hydrogen) atoms. The van der Waals surface area contributed by atoms with Gasteiger partial charge in [0.25, 0.3) is 0 Å². The Morgan fingerprint density at radius 3 is 3.11 bits per heavy atom. The number of nitrogens with zero attached hydrogens (tertiary/aromatic N) is 2. The Labute approximate surface area is 117 Å². The van der Waals surface area contributed by atoms with Crippen LogP contribution in [-0.2, 0) is 0 Å². The van der Waals surface area contributed by atoms with Gasteiger partial charge >= 0.3 is 0 Å². The second kappa shape index (κ2) is 4.46. The lowest BCUT2D eigenvalue weighted by Crippen LogP contribution is -2.55. The fourth-order valence-corrected chi connectivity index (χ4v) is 4.30. The molecule has 0 amide bonds. The van der Waals surface area contributed by atoms with E-state index in [4.69, 9.17) is 0 Å². The number of thiophene rings is 1. The van der Waals surface area contributed by atoms with E-state index in [9.17, 15) is 0 Å². The molecular weight excluding hydrogens is 254 g/mol. The van der Waals surface area contributed by atoms with Gasteiger partial charge in [0.1, 0.15) is 0 Å². The van der Waals surface area contributed by atoms with Crippen LogP contribution >= 0.6 is 11.3 Å². The first-order chi connectivity index (χ1) is 9.36. The van der Waals surface area contributed by atoms with Crippen molar-refractivity contribution in [2.45, 2.75) is 43.7 Å². The van der Waals surface area contributed by atoms with Gasteiger partial charge in [-0.3, -0.25) is 0 Å². The average molecular weight is 273 g/mol. The van der Waals surface area contributed by atoms with Gasteiger partial charge in [-0.1, -0.05) is 6.07 Å². The highest BCUT2D eigenvalue weighted by Crippen LogP contribution is 2.43. The van der Waals surface area contributed by atoms with E-state index in [2.05, 4.69) is 32.4 Å². The summed E-state index contributed by atoms with van der Waals surface area (Å²) in [7, 11) is 0. The van der Waals surface area contributed by atoms with E-state index in [1.165, 1.54) is 42.7 Å². The molecule has 2 fully saturated rings.